The van der Waals surface area contributed by atoms with Crippen LogP contribution in [0.1, 0.15) is 21.9 Å². The van der Waals surface area contributed by atoms with E-state index in [9.17, 15) is 4.79 Å². The highest BCUT2D eigenvalue weighted by Crippen LogP contribution is 2.24. The number of aryl methyl sites for hydroxylation is 2. The minimum Gasteiger partial charge on any atom is -0.340 e. The Kier molecular flexibility index (Phi) is 5.09. The molecule has 2 aromatic carbocycles. The zero-order valence-corrected chi connectivity index (χ0v) is 15.5. The number of aromatic nitrogens is 2. The average molecular weight is 397 g/mol. The molecular formula is C19H17BrN4O. The minimum atomic E-state index is -0.286. The molecule has 2 N–H and O–H groups in total. The summed E-state index contributed by atoms with van der Waals surface area (Å²) in [7, 11) is 0. The fourth-order valence-corrected chi connectivity index (χ4v) is 2.92. The number of hydrogen-bond donors (Lipinski definition) is 2. The van der Waals surface area contributed by atoms with Crippen LogP contribution >= 0.6 is 15.9 Å². The van der Waals surface area contributed by atoms with Crippen molar-refractivity contribution in [1.29, 1.82) is 0 Å². The summed E-state index contributed by atoms with van der Waals surface area (Å²) in [6, 6.07) is 17.0. The number of carbonyl (C=O) groups is 1. The largest absolute Gasteiger partial charge is 0.340 e. The SMILES string of the molecule is Cc1ccc(NC(=O)c2cc(Nc3ccccc3)nc(C)n2)c(Br)c1. The molecule has 0 aliphatic rings. The Hall–Kier alpha value is -2.73. The number of hydrogen-bond acceptors (Lipinski definition) is 4. The Morgan fingerprint density at radius 1 is 1.00 bits per heavy atom. The maximum Gasteiger partial charge on any atom is 0.274 e. The molecule has 3 aromatic rings. The second-order valence-electron chi connectivity index (χ2n) is 5.61. The normalized spacial score (nSPS) is 10.4. The number of anilines is 3. The lowest BCUT2D eigenvalue weighted by Crippen LogP contribution is -2.15. The number of carbonyl (C=O) groups excluding carboxylic acids is 1. The molecule has 0 atom stereocenters. The molecule has 1 aromatic heterocycles. The molecule has 3 rings (SSSR count). The Morgan fingerprint density at radius 2 is 1.76 bits per heavy atom. The lowest BCUT2D eigenvalue weighted by Gasteiger charge is -2.10. The minimum absolute atomic E-state index is 0.286. The number of halogens is 1. The monoisotopic (exact) mass is 396 g/mol. The van der Waals surface area contributed by atoms with Gasteiger partial charge in [-0.2, -0.15) is 0 Å². The summed E-state index contributed by atoms with van der Waals surface area (Å²) >= 11 is 3.46. The molecule has 0 unspecified atom stereocenters. The fraction of sp³-hybridized carbons (Fsp3) is 0.105. The number of nitrogens with one attached hydrogen (secondary N) is 2. The van der Waals surface area contributed by atoms with Gasteiger partial charge in [-0.15, -0.1) is 0 Å². The van der Waals surface area contributed by atoms with E-state index in [1.165, 1.54) is 0 Å². The Morgan fingerprint density at radius 3 is 2.48 bits per heavy atom. The predicted molar refractivity (Wildman–Crippen MR) is 103 cm³/mol. The highest BCUT2D eigenvalue weighted by Gasteiger charge is 2.12. The fourth-order valence-electron chi connectivity index (χ4n) is 2.33. The van der Waals surface area contributed by atoms with Gasteiger partial charge in [0.25, 0.3) is 5.91 Å². The molecule has 126 valence electrons. The molecule has 0 bridgehead atoms. The summed E-state index contributed by atoms with van der Waals surface area (Å²) in [6.45, 7) is 3.75. The summed E-state index contributed by atoms with van der Waals surface area (Å²) in [6.07, 6.45) is 0. The molecule has 0 aliphatic heterocycles. The van der Waals surface area contributed by atoms with Crippen molar-refractivity contribution in [2.24, 2.45) is 0 Å². The molecule has 0 aliphatic carbocycles. The second kappa shape index (κ2) is 7.44. The van der Waals surface area contributed by atoms with Crippen LogP contribution in [0.4, 0.5) is 17.2 Å². The van der Waals surface area contributed by atoms with E-state index in [-0.39, 0.29) is 5.91 Å². The molecule has 1 amide bonds. The summed E-state index contributed by atoms with van der Waals surface area (Å²) in [5.41, 5.74) is 3.01. The van der Waals surface area contributed by atoms with Crippen LogP contribution in [0.25, 0.3) is 0 Å². The molecule has 1 heterocycles. The van der Waals surface area contributed by atoms with Gasteiger partial charge in [0.15, 0.2) is 0 Å². The van der Waals surface area contributed by atoms with Crippen LogP contribution in [0.5, 0.6) is 0 Å². The van der Waals surface area contributed by atoms with Crippen molar-refractivity contribution in [3.63, 3.8) is 0 Å². The first-order chi connectivity index (χ1) is 12.0. The second-order valence-corrected chi connectivity index (χ2v) is 6.47. The van der Waals surface area contributed by atoms with Crippen molar-refractivity contribution in [1.82, 2.24) is 9.97 Å². The summed E-state index contributed by atoms with van der Waals surface area (Å²) in [5.74, 6) is 0.812. The topological polar surface area (TPSA) is 66.9 Å². The number of para-hydroxylation sites is 1. The van der Waals surface area contributed by atoms with E-state index in [1.807, 2.05) is 55.5 Å². The van der Waals surface area contributed by atoms with Crippen molar-refractivity contribution in [3.8, 4) is 0 Å². The van der Waals surface area contributed by atoms with Crippen LogP contribution in [0.3, 0.4) is 0 Å². The number of rotatable bonds is 4. The first kappa shape index (κ1) is 17.1. The molecule has 0 saturated carbocycles. The Balaban J connectivity index is 1.82. The van der Waals surface area contributed by atoms with Crippen LogP contribution in [0.2, 0.25) is 0 Å². The summed E-state index contributed by atoms with van der Waals surface area (Å²) < 4.78 is 0.828. The van der Waals surface area contributed by atoms with Gasteiger partial charge in [0.1, 0.15) is 17.3 Å². The Labute approximate surface area is 154 Å². The quantitative estimate of drug-likeness (QED) is 0.661. The third kappa shape index (κ3) is 4.42. The standard InChI is InChI=1S/C19H17BrN4O/c1-12-8-9-16(15(20)10-12)24-19(25)17-11-18(22-13(2)21-17)23-14-6-4-3-5-7-14/h3-11H,1-2H3,(H,24,25)(H,21,22,23). The van der Waals surface area contributed by atoms with E-state index < -0.39 is 0 Å². The van der Waals surface area contributed by atoms with Crippen molar-refractivity contribution < 1.29 is 4.79 Å². The van der Waals surface area contributed by atoms with E-state index in [1.54, 1.807) is 13.0 Å². The third-order valence-electron chi connectivity index (χ3n) is 3.49. The zero-order valence-electron chi connectivity index (χ0n) is 13.9. The molecule has 5 nitrogen and oxygen atoms in total. The zero-order chi connectivity index (χ0) is 17.8. The molecule has 0 radical (unpaired) electrons. The van der Waals surface area contributed by atoms with Gasteiger partial charge in [0, 0.05) is 16.2 Å². The molecule has 0 saturated heterocycles. The van der Waals surface area contributed by atoms with Crippen LogP contribution in [0.15, 0.2) is 59.1 Å². The van der Waals surface area contributed by atoms with Gasteiger partial charge in [-0.1, -0.05) is 24.3 Å². The van der Waals surface area contributed by atoms with Gasteiger partial charge in [-0.05, 0) is 59.6 Å². The van der Waals surface area contributed by atoms with Crippen LogP contribution in [-0.2, 0) is 0 Å². The summed E-state index contributed by atoms with van der Waals surface area (Å²) in [5, 5.41) is 6.05. The van der Waals surface area contributed by atoms with Crippen molar-refractivity contribution in [3.05, 3.63) is 76.2 Å². The van der Waals surface area contributed by atoms with Crippen LogP contribution < -0.4 is 10.6 Å². The molecule has 0 spiro atoms. The maximum absolute atomic E-state index is 12.6. The van der Waals surface area contributed by atoms with E-state index in [2.05, 4.69) is 36.5 Å². The lowest BCUT2D eigenvalue weighted by atomic mass is 10.2. The Bertz CT molecular complexity index is 913. The van der Waals surface area contributed by atoms with Gasteiger partial charge < -0.3 is 10.6 Å². The van der Waals surface area contributed by atoms with Crippen molar-refractivity contribution in [2.75, 3.05) is 10.6 Å². The molecule has 25 heavy (non-hydrogen) atoms. The lowest BCUT2D eigenvalue weighted by molar-refractivity contribution is 0.102. The van der Waals surface area contributed by atoms with Gasteiger partial charge >= 0.3 is 0 Å². The van der Waals surface area contributed by atoms with Crippen molar-refractivity contribution >= 4 is 39.0 Å². The maximum atomic E-state index is 12.6. The average Bonchev–Trinajstić information content (AvgIpc) is 2.57. The third-order valence-corrected chi connectivity index (χ3v) is 4.15. The summed E-state index contributed by atoms with van der Waals surface area (Å²) in [4.78, 5) is 21.1. The van der Waals surface area contributed by atoms with E-state index in [0.29, 0.717) is 23.0 Å². The predicted octanol–water partition coefficient (Wildman–Crippen LogP) is 4.85. The highest BCUT2D eigenvalue weighted by atomic mass is 79.9. The van der Waals surface area contributed by atoms with E-state index >= 15 is 0 Å². The molecular weight excluding hydrogens is 380 g/mol. The van der Waals surface area contributed by atoms with Crippen LogP contribution in [-0.4, -0.2) is 15.9 Å². The molecule has 6 heteroatoms. The first-order valence-electron chi connectivity index (χ1n) is 7.76. The number of amides is 1. The van der Waals surface area contributed by atoms with E-state index in [0.717, 1.165) is 15.7 Å². The smallest absolute Gasteiger partial charge is 0.274 e. The number of benzene rings is 2. The molecule has 0 fully saturated rings. The van der Waals surface area contributed by atoms with Gasteiger partial charge in [-0.25, -0.2) is 9.97 Å². The van der Waals surface area contributed by atoms with Gasteiger partial charge in [0.05, 0.1) is 5.69 Å². The van der Waals surface area contributed by atoms with Crippen LogP contribution in [0, 0.1) is 13.8 Å². The number of nitrogens with zero attached hydrogens (tertiary/aromatic N) is 2. The van der Waals surface area contributed by atoms with E-state index in [4.69, 9.17) is 0 Å². The van der Waals surface area contributed by atoms with Crippen molar-refractivity contribution in [2.45, 2.75) is 13.8 Å². The highest BCUT2D eigenvalue weighted by molar-refractivity contribution is 9.10. The van der Waals surface area contributed by atoms with Gasteiger partial charge in [0.2, 0.25) is 0 Å². The van der Waals surface area contributed by atoms with Gasteiger partial charge in [-0.3, -0.25) is 4.79 Å². The first-order valence-corrected chi connectivity index (χ1v) is 8.56.